The number of nitrogens with zero attached hydrogens (tertiary/aromatic N) is 1. The summed E-state index contributed by atoms with van der Waals surface area (Å²) in [5.74, 6) is 0.448. The molecule has 0 aliphatic carbocycles. The number of carbonyl (C=O) groups excluding carboxylic acids is 2. The molecule has 1 unspecified atom stereocenters. The van der Waals surface area contributed by atoms with Crippen LogP contribution in [0.15, 0.2) is 81.7 Å². The van der Waals surface area contributed by atoms with Gasteiger partial charge in [-0.2, -0.15) is 11.8 Å². The first-order valence-corrected chi connectivity index (χ1v) is 16.6. The number of carboxylic acids is 1. The van der Waals surface area contributed by atoms with Crippen molar-refractivity contribution in [3.8, 4) is 22.5 Å². The number of amides is 1. The van der Waals surface area contributed by atoms with Crippen molar-refractivity contribution >= 4 is 51.2 Å². The molecule has 6 nitrogen and oxygen atoms in total. The molecule has 1 amide bonds. The Labute approximate surface area is 289 Å². The summed E-state index contributed by atoms with van der Waals surface area (Å²) in [6.45, 7) is 7.46. The standard InChI is InChI=1S/C34H36BrClN2O4S.Li/c1-21(2)38(20-26-18-30(35)32(42-26)24-10-12-25(36)13-11-24)19-23-9-14-28(29(17-23)27-8-6-5-7-22(27)3)33(39)37-31(34(40)41)15-16-43-4;/h5-14,17-18,21,31H,15-16,19-20H2,1-4H3,(H,37,39)(H,40,41);/q;+1/p-1. The molecule has 44 heavy (non-hydrogen) atoms. The summed E-state index contributed by atoms with van der Waals surface area (Å²) in [6, 6.07) is 22.3. The van der Waals surface area contributed by atoms with E-state index in [2.05, 4.69) is 40.0 Å². The normalized spacial score (nSPS) is 11.8. The number of aryl methyl sites for hydroxylation is 1. The van der Waals surface area contributed by atoms with Crippen LogP contribution >= 0.6 is 39.3 Å². The molecule has 1 N–H and O–H groups in total. The minimum absolute atomic E-state index is 0. The number of thioether (sulfide) groups is 1. The van der Waals surface area contributed by atoms with Gasteiger partial charge in [0, 0.05) is 28.7 Å². The molecular weight excluding hydrogens is 655 g/mol. The number of hydrogen-bond acceptors (Lipinski definition) is 6. The molecule has 0 saturated carbocycles. The van der Waals surface area contributed by atoms with E-state index in [9.17, 15) is 14.7 Å². The Hall–Kier alpha value is -2.44. The summed E-state index contributed by atoms with van der Waals surface area (Å²) < 4.78 is 7.14. The van der Waals surface area contributed by atoms with Gasteiger partial charge >= 0.3 is 18.9 Å². The number of hydrogen-bond donors (Lipinski definition) is 1. The second kappa shape index (κ2) is 16.7. The average Bonchev–Trinajstić information content (AvgIpc) is 3.34. The van der Waals surface area contributed by atoms with Crippen molar-refractivity contribution in [1.29, 1.82) is 0 Å². The molecule has 0 fully saturated rings. The second-order valence-electron chi connectivity index (χ2n) is 10.7. The summed E-state index contributed by atoms with van der Waals surface area (Å²) >= 11 is 11.2. The number of carbonyl (C=O) groups is 2. The van der Waals surface area contributed by atoms with Crippen LogP contribution in [0.1, 0.15) is 47.5 Å². The fourth-order valence-electron chi connectivity index (χ4n) is 4.85. The molecule has 1 atom stereocenters. The first-order chi connectivity index (χ1) is 20.6. The zero-order valence-corrected chi connectivity index (χ0v) is 28.8. The van der Waals surface area contributed by atoms with Gasteiger partial charge < -0.3 is 19.6 Å². The Kier molecular flexibility index (Phi) is 13.7. The first kappa shape index (κ1) is 36.0. The van der Waals surface area contributed by atoms with Crippen molar-refractivity contribution < 1.29 is 38.0 Å². The van der Waals surface area contributed by atoms with Gasteiger partial charge in [-0.25, -0.2) is 0 Å². The average molecular weight is 690 g/mol. The van der Waals surface area contributed by atoms with E-state index >= 15 is 0 Å². The van der Waals surface area contributed by atoms with Crippen LogP contribution in [-0.4, -0.2) is 40.9 Å². The maximum Gasteiger partial charge on any atom is 1.00 e. The first-order valence-electron chi connectivity index (χ1n) is 14.0. The predicted molar refractivity (Wildman–Crippen MR) is 177 cm³/mol. The smallest absolute Gasteiger partial charge is 0.548 e. The summed E-state index contributed by atoms with van der Waals surface area (Å²) in [7, 11) is 0. The van der Waals surface area contributed by atoms with E-state index < -0.39 is 17.9 Å². The maximum absolute atomic E-state index is 13.4. The molecule has 3 aromatic carbocycles. The molecule has 4 aromatic rings. The zero-order valence-electron chi connectivity index (χ0n) is 25.7. The van der Waals surface area contributed by atoms with Gasteiger partial charge in [-0.3, -0.25) is 9.69 Å². The fourth-order valence-corrected chi connectivity index (χ4v) is 6.02. The summed E-state index contributed by atoms with van der Waals surface area (Å²) in [6.07, 6.45) is 2.19. The molecule has 0 radical (unpaired) electrons. The van der Waals surface area contributed by atoms with E-state index in [1.165, 1.54) is 11.8 Å². The number of rotatable bonds is 13. The third kappa shape index (κ3) is 9.29. The molecule has 4 rings (SSSR count). The van der Waals surface area contributed by atoms with Crippen LogP contribution in [0.3, 0.4) is 0 Å². The van der Waals surface area contributed by atoms with Gasteiger partial charge in [0.05, 0.1) is 23.0 Å². The molecule has 1 aromatic heterocycles. The van der Waals surface area contributed by atoms with Crippen LogP contribution in [0.2, 0.25) is 5.02 Å². The third-order valence-corrected chi connectivity index (χ3v) is 8.77. The molecule has 0 aliphatic heterocycles. The van der Waals surface area contributed by atoms with Gasteiger partial charge in [0.25, 0.3) is 5.91 Å². The molecule has 0 bridgehead atoms. The Balaban J connectivity index is 0.00000529. The van der Waals surface area contributed by atoms with Gasteiger partial charge in [0.1, 0.15) is 11.5 Å². The Morgan fingerprint density at radius 3 is 2.36 bits per heavy atom. The molecule has 0 aliphatic rings. The van der Waals surface area contributed by atoms with E-state index in [1.54, 1.807) is 6.07 Å². The van der Waals surface area contributed by atoms with Crippen LogP contribution < -0.4 is 29.3 Å². The van der Waals surface area contributed by atoms with E-state index in [0.717, 1.165) is 43.8 Å². The Morgan fingerprint density at radius 1 is 1.02 bits per heavy atom. The van der Waals surface area contributed by atoms with Gasteiger partial charge in [-0.15, -0.1) is 0 Å². The van der Waals surface area contributed by atoms with Crippen molar-refractivity contribution in [1.82, 2.24) is 10.2 Å². The molecule has 0 saturated heterocycles. The van der Waals surface area contributed by atoms with Crippen LogP contribution in [0.25, 0.3) is 22.5 Å². The zero-order chi connectivity index (χ0) is 31.1. The fraction of sp³-hybridized carbons (Fsp3) is 0.294. The van der Waals surface area contributed by atoms with Crippen molar-refractivity contribution in [3.05, 3.63) is 105 Å². The van der Waals surface area contributed by atoms with Gasteiger partial charge in [0.2, 0.25) is 0 Å². The van der Waals surface area contributed by atoms with E-state index in [4.69, 9.17) is 16.0 Å². The summed E-state index contributed by atoms with van der Waals surface area (Å²) in [5, 5.41) is 15.1. The Morgan fingerprint density at radius 2 is 1.73 bits per heavy atom. The summed E-state index contributed by atoms with van der Waals surface area (Å²) in [4.78, 5) is 27.5. The van der Waals surface area contributed by atoms with E-state index in [0.29, 0.717) is 35.8 Å². The number of halogens is 2. The number of benzene rings is 3. The third-order valence-electron chi connectivity index (χ3n) is 7.28. The van der Waals surface area contributed by atoms with Gasteiger partial charge in [-0.05, 0) is 120 Å². The summed E-state index contributed by atoms with van der Waals surface area (Å²) in [5.41, 5.74) is 5.07. The molecule has 226 valence electrons. The van der Waals surface area contributed by atoms with Crippen molar-refractivity contribution in [2.45, 2.75) is 52.4 Å². The largest absolute Gasteiger partial charge is 1.00 e. The minimum atomic E-state index is -1.28. The number of carboxylic acid groups (broad SMARTS) is 1. The van der Waals surface area contributed by atoms with Gasteiger partial charge in [-0.1, -0.05) is 41.9 Å². The maximum atomic E-state index is 13.4. The monoisotopic (exact) mass is 688 g/mol. The topological polar surface area (TPSA) is 85.6 Å². The molecule has 1 heterocycles. The minimum Gasteiger partial charge on any atom is -0.548 e. The number of furan rings is 1. The van der Waals surface area contributed by atoms with Crippen LogP contribution in [0.4, 0.5) is 0 Å². The quantitative estimate of drug-likeness (QED) is 0.210. The van der Waals surface area contributed by atoms with Crippen LogP contribution in [-0.2, 0) is 17.9 Å². The molecule has 10 heteroatoms. The molecular formula is C34H35BrClLiN2O4S. The van der Waals surface area contributed by atoms with Crippen molar-refractivity contribution in [3.63, 3.8) is 0 Å². The van der Waals surface area contributed by atoms with Gasteiger partial charge in [0.15, 0.2) is 0 Å². The SMILES string of the molecule is CSCCC(NC(=O)c1ccc(CN(Cc2cc(Br)c(-c3ccc(Cl)cc3)o2)C(C)C)cc1-c1ccccc1C)C(=O)[O-].[Li+]. The predicted octanol–water partition coefficient (Wildman–Crippen LogP) is 4.35. The van der Waals surface area contributed by atoms with E-state index in [1.807, 2.05) is 79.9 Å². The second-order valence-corrected chi connectivity index (χ2v) is 13.0. The van der Waals surface area contributed by atoms with E-state index in [-0.39, 0.29) is 24.9 Å². The number of aliphatic carboxylic acids is 1. The molecule has 0 spiro atoms. The van der Waals surface area contributed by atoms with Crippen molar-refractivity contribution in [2.75, 3.05) is 12.0 Å². The number of nitrogens with one attached hydrogen (secondary N) is 1. The van der Waals surface area contributed by atoms with Crippen molar-refractivity contribution in [2.24, 2.45) is 0 Å². The van der Waals surface area contributed by atoms with Crippen LogP contribution in [0, 0.1) is 6.92 Å². The van der Waals surface area contributed by atoms with Crippen LogP contribution in [0.5, 0.6) is 0 Å². The Bertz CT molecular complexity index is 1580.